The monoisotopic (exact) mass is 661 g/mol. The molecule has 0 radical (unpaired) electrons. The smallest absolute Gasteiger partial charge is 0.352 e. The van der Waals surface area contributed by atoms with Crippen molar-refractivity contribution in [2.45, 2.75) is 30.2 Å². The van der Waals surface area contributed by atoms with Crippen molar-refractivity contribution in [3.63, 3.8) is 0 Å². The maximum Gasteiger partial charge on any atom is 0.352 e. The van der Waals surface area contributed by atoms with Crippen molar-refractivity contribution in [3.8, 4) is 5.75 Å². The van der Waals surface area contributed by atoms with Gasteiger partial charge in [-0.3, -0.25) is 24.3 Å². The number of nitrogens with one attached hydrogen (secondary N) is 2. The summed E-state index contributed by atoms with van der Waals surface area (Å²) in [7, 11) is 0. The summed E-state index contributed by atoms with van der Waals surface area (Å²) >= 11 is 2.27. The van der Waals surface area contributed by atoms with Crippen LogP contribution in [0.4, 0.5) is 5.13 Å². The van der Waals surface area contributed by atoms with Crippen LogP contribution < -0.4 is 16.4 Å². The van der Waals surface area contributed by atoms with Crippen molar-refractivity contribution in [3.05, 3.63) is 93.4 Å². The number of β-lactam (4-membered cyclic amide) rings is 1. The number of fused-ring (bicyclic) bond motifs is 1. The molecule has 3 aliphatic heterocycles. The molecule has 2 fully saturated rings. The number of carboxylic acids is 1. The molecule has 14 nitrogen and oxygen atoms in total. The number of oxime groups is 1. The summed E-state index contributed by atoms with van der Waals surface area (Å²) in [6.07, 6.45) is 2.22. The highest BCUT2D eigenvalue weighted by Gasteiger charge is 2.55. The average Bonchev–Trinajstić information content (AvgIpc) is 3.67. The number of carbonyl (C=O) groups is 4. The number of aliphatic carboxylic acids is 1. The van der Waals surface area contributed by atoms with E-state index in [1.54, 1.807) is 42.6 Å². The van der Waals surface area contributed by atoms with Crippen molar-refractivity contribution >= 4 is 57.6 Å². The maximum atomic E-state index is 13.5. The fourth-order valence-electron chi connectivity index (χ4n) is 5.88. The molecule has 3 atom stereocenters. The molecule has 3 aromatic rings. The van der Waals surface area contributed by atoms with Gasteiger partial charge in [-0.25, -0.2) is 9.78 Å². The number of anilines is 1. The van der Waals surface area contributed by atoms with Gasteiger partial charge < -0.3 is 31.8 Å². The molecular weight excluding hydrogens is 635 g/mol. The van der Waals surface area contributed by atoms with Gasteiger partial charge in [-0.1, -0.05) is 23.4 Å². The minimum atomic E-state index is -1.37. The number of nitrogen functional groups attached to an aromatic ring is 1. The number of amides is 3. The molecule has 2 saturated heterocycles. The number of phenolic OH excluding ortho intramolecular Hbond substituents is 1. The molecule has 3 amide bonds. The van der Waals surface area contributed by atoms with Crippen LogP contribution in [0.5, 0.6) is 5.75 Å². The summed E-state index contributed by atoms with van der Waals surface area (Å²) in [5.41, 5.74) is 7.38. The minimum Gasteiger partial charge on any atom is -0.508 e. The van der Waals surface area contributed by atoms with Crippen molar-refractivity contribution in [2.24, 2.45) is 5.16 Å². The van der Waals surface area contributed by atoms with Crippen molar-refractivity contribution in [2.75, 3.05) is 18.0 Å². The van der Waals surface area contributed by atoms with Gasteiger partial charge >= 0.3 is 5.97 Å². The summed E-state index contributed by atoms with van der Waals surface area (Å²) in [6, 6.07) is 10.9. The third-order valence-electron chi connectivity index (χ3n) is 7.87. The lowest BCUT2D eigenvalue weighted by Gasteiger charge is -2.50. The number of pyridine rings is 1. The molecule has 5 heterocycles. The van der Waals surface area contributed by atoms with E-state index >= 15 is 0 Å². The second kappa shape index (κ2) is 12.6. The van der Waals surface area contributed by atoms with Crippen molar-refractivity contribution in [1.29, 1.82) is 0 Å². The number of aromatic nitrogens is 2. The highest BCUT2D eigenvalue weighted by Crippen LogP contribution is 2.47. The summed E-state index contributed by atoms with van der Waals surface area (Å²) in [5, 5.41) is 39.3. The van der Waals surface area contributed by atoms with Gasteiger partial charge in [0, 0.05) is 41.1 Å². The number of rotatable bonds is 9. The third-order valence-corrected chi connectivity index (χ3v) is 9.82. The molecule has 2 aromatic heterocycles. The van der Waals surface area contributed by atoms with E-state index < -0.39 is 40.8 Å². The standard InChI is InChI=1S/C30H27N7O7S2/c31-30-34-20(13-46-30)22(36-44)26(40)35-23-27(41)37-24(29(42)43)18(12-45-28(23)37)21(16-7-9-33-25(16)39)17(19-6-1-2-8-32-19)11-14-4-3-5-15(38)10-14/h1-6,8,10,13,17,23,28,38,44H,7,9,11-12H2,(H2,31,34)(H,33,39)(H,35,40)(H,42,43)/t17?,23-,28-/m1/s1. The van der Waals surface area contributed by atoms with Crippen LogP contribution in [0.15, 0.2) is 81.6 Å². The number of phenols is 1. The van der Waals surface area contributed by atoms with E-state index in [0.29, 0.717) is 35.4 Å². The Kier molecular flexibility index (Phi) is 8.46. The molecule has 46 heavy (non-hydrogen) atoms. The number of thioether (sulfide) groups is 1. The van der Waals surface area contributed by atoms with E-state index in [0.717, 1.165) is 21.8 Å². The molecule has 6 rings (SSSR count). The first-order valence-electron chi connectivity index (χ1n) is 14.0. The van der Waals surface area contributed by atoms with E-state index in [1.807, 2.05) is 6.07 Å². The number of carboxylic acid groups (broad SMARTS) is 1. The van der Waals surface area contributed by atoms with Crippen molar-refractivity contribution < 1.29 is 34.6 Å². The number of carbonyl (C=O) groups excluding carboxylic acids is 3. The lowest BCUT2D eigenvalue weighted by Crippen LogP contribution is -2.71. The Morgan fingerprint density at radius 2 is 2.04 bits per heavy atom. The van der Waals surface area contributed by atoms with Gasteiger partial charge in [0.05, 0.1) is 0 Å². The van der Waals surface area contributed by atoms with Crippen LogP contribution in [0.1, 0.15) is 29.3 Å². The summed E-state index contributed by atoms with van der Waals surface area (Å²) in [6.45, 7) is 0.361. The zero-order chi connectivity index (χ0) is 32.5. The lowest BCUT2D eigenvalue weighted by atomic mass is 9.80. The Balaban J connectivity index is 1.40. The number of aromatic hydroxyl groups is 1. The Morgan fingerprint density at radius 1 is 1.22 bits per heavy atom. The van der Waals surface area contributed by atoms with Gasteiger partial charge in [-0.2, -0.15) is 0 Å². The van der Waals surface area contributed by atoms with E-state index in [4.69, 9.17) is 5.73 Å². The summed E-state index contributed by atoms with van der Waals surface area (Å²) < 4.78 is 0. The minimum absolute atomic E-state index is 0.0224. The first kappa shape index (κ1) is 30.8. The quantitative estimate of drug-likeness (QED) is 0.0635. The Morgan fingerprint density at radius 3 is 2.67 bits per heavy atom. The van der Waals surface area contributed by atoms with Crippen molar-refractivity contribution in [1.82, 2.24) is 25.5 Å². The molecule has 7 N–H and O–H groups in total. The predicted octanol–water partition coefficient (Wildman–Crippen LogP) is 1.59. The number of nitrogens with zero attached hydrogens (tertiary/aromatic N) is 4. The Hall–Kier alpha value is -5.22. The number of nitrogens with two attached hydrogens (primary N) is 1. The molecular formula is C30H27N7O7S2. The average molecular weight is 662 g/mol. The molecule has 0 bridgehead atoms. The van der Waals surface area contributed by atoms with Crippen LogP contribution in [0.3, 0.4) is 0 Å². The fraction of sp³-hybridized carbons (Fsp3) is 0.233. The second-order valence-corrected chi connectivity index (χ2v) is 12.6. The largest absolute Gasteiger partial charge is 0.508 e. The zero-order valence-electron chi connectivity index (χ0n) is 23.9. The highest BCUT2D eigenvalue weighted by atomic mass is 32.2. The zero-order valence-corrected chi connectivity index (χ0v) is 25.5. The van der Waals surface area contributed by atoms with E-state index in [2.05, 4.69) is 25.8 Å². The molecule has 0 aliphatic carbocycles. The Bertz CT molecular complexity index is 1840. The fourth-order valence-corrected chi connectivity index (χ4v) is 7.79. The van der Waals surface area contributed by atoms with E-state index in [1.165, 1.54) is 17.1 Å². The molecule has 1 aromatic carbocycles. The van der Waals surface area contributed by atoms with Crippen LogP contribution in [0.25, 0.3) is 0 Å². The number of allylic oxidation sites excluding steroid dienone is 1. The predicted molar refractivity (Wildman–Crippen MR) is 168 cm³/mol. The topological polar surface area (TPSA) is 220 Å². The normalized spacial score (nSPS) is 21.3. The lowest BCUT2D eigenvalue weighted by molar-refractivity contribution is -0.150. The first-order chi connectivity index (χ1) is 22.2. The highest BCUT2D eigenvalue weighted by molar-refractivity contribution is 8.00. The van der Waals surface area contributed by atoms with Gasteiger partial charge in [0.2, 0.25) is 5.91 Å². The van der Waals surface area contributed by atoms with Crippen LogP contribution in [0, 0.1) is 0 Å². The van der Waals surface area contributed by atoms with Gasteiger partial charge in [0.25, 0.3) is 11.8 Å². The van der Waals surface area contributed by atoms with Gasteiger partial charge in [0.1, 0.15) is 28.6 Å². The third kappa shape index (κ3) is 5.67. The van der Waals surface area contributed by atoms with Crippen LogP contribution in [-0.2, 0) is 25.6 Å². The molecule has 236 valence electrons. The van der Waals surface area contributed by atoms with Gasteiger partial charge in [-0.15, -0.1) is 23.1 Å². The molecule has 0 spiro atoms. The number of thiazole rings is 1. The molecule has 3 aliphatic rings. The molecule has 1 unspecified atom stereocenters. The number of hydrogen-bond donors (Lipinski definition) is 6. The van der Waals surface area contributed by atoms with Gasteiger partial charge in [0.15, 0.2) is 10.8 Å². The first-order valence-corrected chi connectivity index (χ1v) is 16.0. The SMILES string of the molecule is Nc1nc(C(=NO)C(=O)N[C@@H]2C(=O)N3C(C(=O)O)=C(C(=C4CCNC4=O)C(Cc4cccc(O)c4)c4ccccn4)CS[C@H]23)cs1. The molecule has 0 saturated carbocycles. The van der Waals surface area contributed by atoms with E-state index in [-0.39, 0.29) is 40.4 Å². The second-order valence-electron chi connectivity index (χ2n) is 10.6. The van der Waals surface area contributed by atoms with E-state index in [9.17, 15) is 34.6 Å². The number of hydrogen-bond acceptors (Lipinski definition) is 12. The Labute approximate surface area is 269 Å². The van der Waals surface area contributed by atoms with Crippen LogP contribution >= 0.6 is 23.1 Å². The van der Waals surface area contributed by atoms with Crippen LogP contribution in [0.2, 0.25) is 0 Å². The summed E-state index contributed by atoms with van der Waals surface area (Å²) in [5.74, 6) is -3.73. The summed E-state index contributed by atoms with van der Waals surface area (Å²) in [4.78, 5) is 62.3. The maximum absolute atomic E-state index is 13.5. The molecule has 16 heteroatoms. The van der Waals surface area contributed by atoms with Gasteiger partial charge in [-0.05, 0) is 53.8 Å². The van der Waals surface area contributed by atoms with Crippen LogP contribution in [-0.4, -0.2) is 83.4 Å². The number of benzene rings is 1.